The maximum absolute atomic E-state index is 3.53. The van der Waals surface area contributed by atoms with E-state index < -0.39 is 0 Å². The Morgan fingerprint density at radius 2 is 1.67 bits per heavy atom. The molecule has 0 bridgehead atoms. The van der Waals surface area contributed by atoms with E-state index in [-0.39, 0.29) is 0 Å². The van der Waals surface area contributed by atoms with Gasteiger partial charge in [-0.25, -0.2) is 0 Å². The highest BCUT2D eigenvalue weighted by atomic mass is 15.1. The number of rotatable bonds is 10. The minimum absolute atomic E-state index is 1.12. The van der Waals surface area contributed by atoms with Crippen LogP contribution in [-0.4, -0.2) is 37.6 Å². The summed E-state index contributed by atoms with van der Waals surface area (Å²) in [5.41, 5.74) is 1.46. The molecular formula is C16H28N2. The topological polar surface area (TPSA) is 15.3 Å². The van der Waals surface area contributed by atoms with Crippen LogP contribution in [0.15, 0.2) is 30.3 Å². The van der Waals surface area contributed by atoms with Gasteiger partial charge in [0.15, 0.2) is 0 Å². The third-order valence-corrected chi connectivity index (χ3v) is 3.41. The average Bonchev–Trinajstić information content (AvgIpc) is 2.43. The van der Waals surface area contributed by atoms with Crippen molar-refractivity contribution >= 4 is 0 Å². The fourth-order valence-electron chi connectivity index (χ4n) is 2.13. The Kier molecular flexibility index (Phi) is 8.53. The lowest BCUT2D eigenvalue weighted by molar-refractivity contribution is 0.302. The van der Waals surface area contributed by atoms with Crippen molar-refractivity contribution in [3.05, 3.63) is 35.9 Å². The van der Waals surface area contributed by atoms with Crippen LogP contribution in [0.25, 0.3) is 0 Å². The SMILES string of the molecule is CCN(CC)CCNCCCCc1ccccc1. The van der Waals surface area contributed by atoms with Crippen molar-refractivity contribution in [3.8, 4) is 0 Å². The largest absolute Gasteiger partial charge is 0.315 e. The molecule has 0 aliphatic carbocycles. The summed E-state index contributed by atoms with van der Waals surface area (Å²) in [5.74, 6) is 0. The molecule has 0 spiro atoms. The second-order valence-corrected chi connectivity index (χ2v) is 4.72. The third kappa shape index (κ3) is 6.77. The van der Waals surface area contributed by atoms with E-state index >= 15 is 0 Å². The molecule has 0 aromatic heterocycles. The zero-order valence-corrected chi connectivity index (χ0v) is 12.0. The van der Waals surface area contributed by atoms with Crippen LogP contribution >= 0.6 is 0 Å². The van der Waals surface area contributed by atoms with Gasteiger partial charge in [-0.1, -0.05) is 44.2 Å². The third-order valence-electron chi connectivity index (χ3n) is 3.41. The van der Waals surface area contributed by atoms with Crippen molar-refractivity contribution in [1.29, 1.82) is 0 Å². The van der Waals surface area contributed by atoms with Gasteiger partial charge in [-0.05, 0) is 44.5 Å². The van der Waals surface area contributed by atoms with Crippen LogP contribution in [-0.2, 0) is 6.42 Å². The Morgan fingerprint density at radius 1 is 0.944 bits per heavy atom. The van der Waals surface area contributed by atoms with Crippen molar-refractivity contribution in [1.82, 2.24) is 10.2 Å². The monoisotopic (exact) mass is 248 g/mol. The van der Waals surface area contributed by atoms with Gasteiger partial charge in [-0.3, -0.25) is 0 Å². The van der Waals surface area contributed by atoms with Crippen molar-refractivity contribution in [2.45, 2.75) is 33.1 Å². The number of hydrogen-bond acceptors (Lipinski definition) is 2. The Balaban J connectivity index is 1.93. The highest BCUT2D eigenvalue weighted by molar-refractivity contribution is 5.14. The quantitative estimate of drug-likeness (QED) is 0.640. The molecule has 0 saturated heterocycles. The molecule has 1 aromatic carbocycles. The molecular weight excluding hydrogens is 220 g/mol. The number of nitrogens with zero attached hydrogens (tertiary/aromatic N) is 1. The van der Waals surface area contributed by atoms with Crippen molar-refractivity contribution in [2.24, 2.45) is 0 Å². The van der Waals surface area contributed by atoms with Gasteiger partial charge in [0.2, 0.25) is 0 Å². The first-order valence-electron chi connectivity index (χ1n) is 7.33. The number of unbranched alkanes of at least 4 members (excludes halogenated alkanes) is 1. The molecule has 0 amide bonds. The molecule has 0 unspecified atom stereocenters. The Morgan fingerprint density at radius 3 is 2.33 bits per heavy atom. The molecule has 0 fully saturated rings. The Labute approximate surface area is 112 Å². The van der Waals surface area contributed by atoms with Crippen LogP contribution in [0.1, 0.15) is 32.3 Å². The van der Waals surface area contributed by atoms with Crippen molar-refractivity contribution in [3.63, 3.8) is 0 Å². The Hall–Kier alpha value is -0.860. The van der Waals surface area contributed by atoms with Gasteiger partial charge in [0.1, 0.15) is 0 Å². The number of aryl methyl sites for hydroxylation is 1. The molecule has 1 aromatic rings. The van der Waals surface area contributed by atoms with E-state index in [0.29, 0.717) is 0 Å². The molecule has 0 saturated carbocycles. The minimum atomic E-state index is 1.12. The summed E-state index contributed by atoms with van der Waals surface area (Å²) < 4.78 is 0. The molecule has 0 aliphatic rings. The first-order chi connectivity index (χ1) is 8.86. The first kappa shape index (κ1) is 15.2. The number of likely N-dealkylation sites (N-methyl/N-ethyl adjacent to an activating group) is 1. The first-order valence-corrected chi connectivity index (χ1v) is 7.33. The molecule has 0 atom stereocenters. The summed E-state index contributed by atoms with van der Waals surface area (Å²) in [7, 11) is 0. The zero-order chi connectivity index (χ0) is 13.1. The molecule has 0 aliphatic heterocycles. The van der Waals surface area contributed by atoms with Crippen LogP contribution in [0, 0.1) is 0 Å². The van der Waals surface area contributed by atoms with Crippen LogP contribution < -0.4 is 5.32 Å². The molecule has 0 radical (unpaired) electrons. The standard InChI is InChI=1S/C16H28N2/c1-3-18(4-2)15-14-17-13-9-8-12-16-10-6-5-7-11-16/h5-7,10-11,17H,3-4,8-9,12-15H2,1-2H3. The van der Waals surface area contributed by atoms with E-state index in [9.17, 15) is 0 Å². The van der Waals surface area contributed by atoms with Gasteiger partial charge in [-0.2, -0.15) is 0 Å². The minimum Gasteiger partial charge on any atom is -0.315 e. The smallest absolute Gasteiger partial charge is 0.0107 e. The lowest BCUT2D eigenvalue weighted by Gasteiger charge is -2.17. The van der Waals surface area contributed by atoms with E-state index in [4.69, 9.17) is 0 Å². The maximum atomic E-state index is 3.53. The molecule has 18 heavy (non-hydrogen) atoms. The summed E-state index contributed by atoms with van der Waals surface area (Å²) in [4.78, 5) is 2.46. The van der Waals surface area contributed by atoms with Gasteiger partial charge in [0.05, 0.1) is 0 Å². The molecule has 2 nitrogen and oxygen atoms in total. The van der Waals surface area contributed by atoms with E-state index in [1.807, 2.05) is 0 Å². The maximum Gasteiger partial charge on any atom is 0.0107 e. The van der Waals surface area contributed by atoms with Gasteiger partial charge < -0.3 is 10.2 Å². The van der Waals surface area contributed by atoms with E-state index in [1.54, 1.807) is 0 Å². The molecule has 102 valence electrons. The predicted molar refractivity (Wildman–Crippen MR) is 80.0 cm³/mol. The predicted octanol–water partition coefficient (Wildman–Crippen LogP) is 2.94. The number of benzene rings is 1. The summed E-state index contributed by atoms with van der Waals surface area (Å²) in [5, 5.41) is 3.53. The summed E-state index contributed by atoms with van der Waals surface area (Å²) in [6, 6.07) is 10.8. The Bertz CT molecular complexity index is 280. The van der Waals surface area contributed by atoms with Gasteiger partial charge in [-0.15, -0.1) is 0 Å². The lowest BCUT2D eigenvalue weighted by atomic mass is 10.1. The lowest BCUT2D eigenvalue weighted by Crippen LogP contribution is -2.32. The van der Waals surface area contributed by atoms with Crippen LogP contribution in [0.4, 0.5) is 0 Å². The van der Waals surface area contributed by atoms with Crippen molar-refractivity contribution < 1.29 is 0 Å². The average molecular weight is 248 g/mol. The van der Waals surface area contributed by atoms with Crippen LogP contribution in [0.3, 0.4) is 0 Å². The van der Waals surface area contributed by atoms with E-state index in [2.05, 4.69) is 54.4 Å². The highest BCUT2D eigenvalue weighted by Gasteiger charge is 1.97. The highest BCUT2D eigenvalue weighted by Crippen LogP contribution is 2.03. The number of nitrogens with one attached hydrogen (secondary N) is 1. The van der Waals surface area contributed by atoms with E-state index in [1.165, 1.54) is 31.4 Å². The zero-order valence-electron chi connectivity index (χ0n) is 12.0. The van der Waals surface area contributed by atoms with Crippen LogP contribution in [0.5, 0.6) is 0 Å². The molecule has 2 heteroatoms. The van der Waals surface area contributed by atoms with Gasteiger partial charge in [0, 0.05) is 13.1 Å². The molecule has 1 rings (SSSR count). The molecule has 1 N–H and O–H groups in total. The number of hydrogen-bond donors (Lipinski definition) is 1. The second kappa shape index (κ2) is 10.1. The van der Waals surface area contributed by atoms with Crippen LogP contribution in [0.2, 0.25) is 0 Å². The van der Waals surface area contributed by atoms with Gasteiger partial charge in [0.25, 0.3) is 0 Å². The summed E-state index contributed by atoms with van der Waals surface area (Å²) in [6.07, 6.45) is 3.76. The summed E-state index contributed by atoms with van der Waals surface area (Å²) in [6.45, 7) is 10.2. The normalized spacial score (nSPS) is 11.1. The fraction of sp³-hybridized carbons (Fsp3) is 0.625. The fourth-order valence-corrected chi connectivity index (χ4v) is 2.13. The van der Waals surface area contributed by atoms with Gasteiger partial charge >= 0.3 is 0 Å². The summed E-state index contributed by atoms with van der Waals surface area (Å²) >= 11 is 0. The van der Waals surface area contributed by atoms with E-state index in [0.717, 1.165) is 26.2 Å². The van der Waals surface area contributed by atoms with Crippen molar-refractivity contribution in [2.75, 3.05) is 32.7 Å². The molecule has 0 heterocycles. The second-order valence-electron chi connectivity index (χ2n) is 4.72.